The Morgan fingerprint density at radius 2 is 1.81 bits per heavy atom. The first-order valence-electron chi connectivity index (χ1n) is 7.86. The number of halogens is 3. The Hall–Kier alpha value is -3.09. The molecular weight excluding hydrogens is 343 g/mol. The molecule has 1 amide bonds. The fourth-order valence-corrected chi connectivity index (χ4v) is 2.63. The number of hydrogen-bond donors (Lipinski definition) is 2. The molecule has 26 heavy (non-hydrogen) atoms. The first-order chi connectivity index (χ1) is 12.2. The highest BCUT2D eigenvalue weighted by molar-refractivity contribution is 6.06. The van der Waals surface area contributed by atoms with Crippen LogP contribution in [0, 0.1) is 13.8 Å². The second-order valence-electron chi connectivity index (χ2n) is 5.99. The lowest BCUT2D eigenvalue weighted by molar-refractivity contribution is -0.137. The average Bonchev–Trinajstić information content (AvgIpc) is 2.59. The summed E-state index contributed by atoms with van der Waals surface area (Å²) >= 11 is 0. The standard InChI is InChI=1S/C19H16F3N3O/c1-11-6-7-17-15(8-11)16(9-12(2)23-17)18(26)25-24-14-5-3-4-13(10-14)19(20,21)22/h3-10,24H,1-2H3,(H,25,26). The molecule has 0 aliphatic heterocycles. The van der Waals surface area contributed by atoms with Gasteiger partial charge in [-0.15, -0.1) is 0 Å². The van der Waals surface area contributed by atoms with Crippen LogP contribution in [0.4, 0.5) is 18.9 Å². The predicted octanol–water partition coefficient (Wildman–Crippen LogP) is 4.63. The van der Waals surface area contributed by atoms with Crippen LogP contribution in [-0.2, 0) is 6.18 Å². The van der Waals surface area contributed by atoms with Gasteiger partial charge in [0.25, 0.3) is 5.91 Å². The van der Waals surface area contributed by atoms with Crippen LogP contribution in [0.3, 0.4) is 0 Å². The molecule has 0 atom stereocenters. The van der Waals surface area contributed by atoms with E-state index in [4.69, 9.17) is 0 Å². The SMILES string of the molecule is Cc1ccc2nc(C)cc(C(=O)NNc3cccc(C(F)(F)F)c3)c2c1. The van der Waals surface area contributed by atoms with E-state index in [2.05, 4.69) is 15.8 Å². The highest BCUT2D eigenvalue weighted by Crippen LogP contribution is 2.30. The van der Waals surface area contributed by atoms with E-state index in [1.54, 1.807) is 13.0 Å². The molecule has 0 aliphatic rings. The van der Waals surface area contributed by atoms with Crippen molar-refractivity contribution in [1.82, 2.24) is 10.4 Å². The zero-order valence-corrected chi connectivity index (χ0v) is 14.1. The summed E-state index contributed by atoms with van der Waals surface area (Å²) in [5, 5.41) is 0.680. The number of anilines is 1. The van der Waals surface area contributed by atoms with Crippen molar-refractivity contribution >= 4 is 22.5 Å². The van der Waals surface area contributed by atoms with Crippen molar-refractivity contribution in [1.29, 1.82) is 0 Å². The van der Waals surface area contributed by atoms with E-state index in [1.165, 1.54) is 12.1 Å². The Labute approximate surface area is 148 Å². The van der Waals surface area contributed by atoms with Crippen LogP contribution in [0.25, 0.3) is 10.9 Å². The first kappa shape index (κ1) is 17.7. The molecule has 134 valence electrons. The van der Waals surface area contributed by atoms with Crippen molar-refractivity contribution in [3.05, 3.63) is 70.9 Å². The van der Waals surface area contributed by atoms with Crippen LogP contribution in [-0.4, -0.2) is 10.9 Å². The Kier molecular flexibility index (Phi) is 4.54. The molecule has 2 aromatic carbocycles. The van der Waals surface area contributed by atoms with Crippen molar-refractivity contribution in [3.8, 4) is 0 Å². The molecule has 0 aliphatic carbocycles. The quantitative estimate of drug-likeness (QED) is 0.671. The fraction of sp³-hybridized carbons (Fsp3) is 0.158. The largest absolute Gasteiger partial charge is 0.416 e. The number of carbonyl (C=O) groups is 1. The smallest absolute Gasteiger partial charge is 0.298 e. The van der Waals surface area contributed by atoms with E-state index >= 15 is 0 Å². The molecular formula is C19H16F3N3O. The van der Waals surface area contributed by atoms with Gasteiger partial charge in [-0.1, -0.05) is 17.7 Å². The number of aromatic nitrogens is 1. The zero-order chi connectivity index (χ0) is 18.9. The number of aryl methyl sites for hydroxylation is 2. The molecule has 3 aromatic rings. The summed E-state index contributed by atoms with van der Waals surface area (Å²) in [4.78, 5) is 16.9. The van der Waals surface area contributed by atoms with E-state index in [1.807, 2.05) is 25.1 Å². The number of hydrazine groups is 1. The van der Waals surface area contributed by atoms with Crippen LogP contribution in [0.1, 0.15) is 27.2 Å². The highest BCUT2D eigenvalue weighted by atomic mass is 19.4. The topological polar surface area (TPSA) is 54.0 Å². The number of alkyl halides is 3. The lowest BCUT2D eigenvalue weighted by Gasteiger charge is -2.13. The van der Waals surface area contributed by atoms with Crippen molar-refractivity contribution < 1.29 is 18.0 Å². The van der Waals surface area contributed by atoms with Gasteiger partial charge in [0, 0.05) is 11.1 Å². The highest BCUT2D eigenvalue weighted by Gasteiger charge is 2.30. The molecule has 0 fully saturated rings. The van der Waals surface area contributed by atoms with Crippen molar-refractivity contribution in [2.75, 3.05) is 5.43 Å². The summed E-state index contributed by atoms with van der Waals surface area (Å²) in [5.74, 6) is -0.455. The van der Waals surface area contributed by atoms with Gasteiger partial charge in [-0.25, -0.2) is 0 Å². The molecule has 1 aromatic heterocycles. The minimum atomic E-state index is -4.45. The molecule has 1 heterocycles. The first-order valence-corrected chi connectivity index (χ1v) is 7.86. The van der Waals surface area contributed by atoms with Crippen molar-refractivity contribution in [3.63, 3.8) is 0 Å². The minimum Gasteiger partial charge on any atom is -0.298 e. The number of nitrogens with one attached hydrogen (secondary N) is 2. The van der Waals surface area contributed by atoms with E-state index in [-0.39, 0.29) is 5.69 Å². The molecule has 4 nitrogen and oxygen atoms in total. The summed E-state index contributed by atoms with van der Waals surface area (Å²) in [5.41, 5.74) is 7.05. The van der Waals surface area contributed by atoms with Crippen LogP contribution in [0.15, 0.2) is 48.5 Å². The summed E-state index contributed by atoms with van der Waals surface area (Å²) in [6.45, 7) is 3.68. The maximum absolute atomic E-state index is 12.8. The van der Waals surface area contributed by atoms with E-state index < -0.39 is 17.6 Å². The molecule has 0 saturated carbocycles. The molecule has 2 N–H and O–H groups in total. The van der Waals surface area contributed by atoms with Gasteiger partial charge in [0.1, 0.15) is 0 Å². The van der Waals surface area contributed by atoms with Gasteiger partial charge < -0.3 is 0 Å². The number of amides is 1. The Bertz CT molecular complexity index is 983. The van der Waals surface area contributed by atoms with Crippen LogP contribution in [0.5, 0.6) is 0 Å². The van der Waals surface area contributed by atoms with Gasteiger partial charge in [0.05, 0.1) is 22.3 Å². The second-order valence-corrected chi connectivity index (χ2v) is 5.99. The molecule has 0 saturated heterocycles. The number of rotatable bonds is 3. The van der Waals surface area contributed by atoms with Gasteiger partial charge in [-0.3, -0.25) is 20.6 Å². The van der Waals surface area contributed by atoms with Gasteiger partial charge in [-0.2, -0.15) is 13.2 Å². The van der Waals surface area contributed by atoms with E-state index in [0.717, 1.165) is 17.7 Å². The lowest BCUT2D eigenvalue weighted by atomic mass is 10.0. The molecule has 0 spiro atoms. The second kappa shape index (κ2) is 6.67. The van der Waals surface area contributed by atoms with Crippen molar-refractivity contribution in [2.45, 2.75) is 20.0 Å². The number of fused-ring (bicyclic) bond motifs is 1. The predicted molar refractivity (Wildman–Crippen MR) is 93.7 cm³/mol. The number of nitrogens with zero attached hydrogens (tertiary/aromatic N) is 1. The maximum atomic E-state index is 12.8. The monoisotopic (exact) mass is 359 g/mol. The van der Waals surface area contributed by atoms with Gasteiger partial charge in [0.2, 0.25) is 0 Å². The fourth-order valence-electron chi connectivity index (χ4n) is 2.63. The van der Waals surface area contributed by atoms with Gasteiger partial charge in [-0.05, 0) is 50.2 Å². The summed E-state index contributed by atoms with van der Waals surface area (Å²) in [6, 6.07) is 11.8. The Morgan fingerprint density at radius 1 is 1.04 bits per heavy atom. The molecule has 0 unspecified atom stereocenters. The number of carbonyl (C=O) groups excluding carboxylic acids is 1. The Morgan fingerprint density at radius 3 is 2.54 bits per heavy atom. The average molecular weight is 359 g/mol. The molecule has 3 rings (SSSR count). The van der Waals surface area contributed by atoms with Gasteiger partial charge >= 0.3 is 6.18 Å². The number of pyridine rings is 1. The molecule has 0 bridgehead atoms. The lowest BCUT2D eigenvalue weighted by Crippen LogP contribution is -2.29. The third-order valence-corrected chi connectivity index (χ3v) is 3.85. The van der Waals surface area contributed by atoms with Gasteiger partial charge in [0.15, 0.2) is 0 Å². The van der Waals surface area contributed by atoms with Crippen LogP contribution >= 0.6 is 0 Å². The normalized spacial score (nSPS) is 11.4. The summed E-state index contributed by atoms with van der Waals surface area (Å²) in [6.07, 6.45) is -4.45. The van der Waals surface area contributed by atoms with Crippen LogP contribution in [0.2, 0.25) is 0 Å². The number of benzene rings is 2. The van der Waals surface area contributed by atoms with E-state index in [9.17, 15) is 18.0 Å². The Balaban J connectivity index is 1.85. The van der Waals surface area contributed by atoms with Crippen LogP contribution < -0.4 is 10.9 Å². The third kappa shape index (κ3) is 3.77. The third-order valence-electron chi connectivity index (χ3n) is 3.85. The maximum Gasteiger partial charge on any atom is 0.416 e. The summed E-state index contributed by atoms with van der Waals surface area (Å²) in [7, 11) is 0. The zero-order valence-electron chi connectivity index (χ0n) is 14.1. The minimum absolute atomic E-state index is 0.138. The number of hydrogen-bond acceptors (Lipinski definition) is 3. The molecule has 0 radical (unpaired) electrons. The van der Waals surface area contributed by atoms with Crippen molar-refractivity contribution in [2.24, 2.45) is 0 Å². The summed E-state index contributed by atoms with van der Waals surface area (Å²) < 4.78 is 38.3. The van der Waals surface area contributed by atoms with E-state index in [0.29, 0.717) is 22.2 Å². The molecule has 7 heteroatoms.